The zero-order valence-electron chi connectivity index (χ0n) is 5.68. The molecule has 0 atom stereocenters. The Kier molecular flexibility index (Phi) is 1.68. The molecule has 0 aromatic heterocycles. The minimum Gasteiger partial charge on any atom is -0.211 e. The van der Waals surface area contributed by atoms with Crippen LogP contribution in [0.4, 0.5) is 0 Å². The first-order valence-corrected chi connectivity index (χ1v) is 3.36. The second kappa shape index (κ2) is 2.32. The minimum absolute atomic E-state index is 0.0538. The van der Waals surface area contributed by atoms with E-state index in [2.05, 4.69) is 4.99 Å². The molecular formula is C7H11NO. The van der Waals surface area contributed by atoms with Gasteiger partial charge in [0.1, 0.15) is 0 Å². The molecule has 9 heavy (non-hydrogen) atoms. The first-order valence-electron chi connectivity index (χ1n) is 3.36. The number of nitrogens with zero attached hydrogens (tertiary/aromatic N) is 1. The summed E-state index contributed by atoms with van der Waals surface area (Å²) in [5, 5.41) is 0. The molecule has 2 nitrogen and oxygen atoms in total. The smallest absolute Gasteiger partial charge is 0.211 e. The SMILES string of the molecule is CC1(N=C=O)CCCC1. The molecule has 0 bridgehead atoms. The van der Waals surface area contributed by atoms with Crippen LogP contribution in [0.3, 0.4) is 0 Å². The summed E-state index contributed by atoms with van der Waals surface area (Å²) < 4.78 is 0. The first kappa shape index (κ1) is 6.50. The Labute approximate surface area is 55.0 Å². The van der Waals surface area contributed by atoms with E-state index in [1.54, 1.807) is 6.08 Å². The van der Waals surface area contributed by atoms with Crippen molar-refractivity contribution in [3.05, 3.63) is 0 Å². The van der Waals surface area contributed by atoms with Crippen LogP contribution in [-0.2, 0) is 4.79 Å². The monoisotopic (exact) mass is 125 g/mol. The van der Waals surface area contributed by atoms with Crippen LogP contribution in [0.15, 0.2) is 4.99 Å². The second-order valence-electron chi connectivity index (χ2n) is 2.91. The van der Waals surface area contributed by atoms with Gasteiger partial charge in [-0.3, -0.25) is 0 Å². The maximum Gasteiger partial charge on any atom is 0.235 e. The number of hydrogen-bond acceptors (Lipinski definition) is 2. The summed E-state index contributed by atoms with van der Waals surface area (Å²) in [6, 6.07) is 0. The molecule has 0 radical (unpaired) electrons. The van der Waals surface area contributed by atoms with E-state index in [9.17, 15) is 4.79 Å². The summed E-state index contributed by atoms with van der Waals surface area (Å²) in [6.45, 7) is 2.02. The van der Waals surface area contributed by atoms with Crippen molar-refractivity contribution in [3.63, 3.8) is 0 Å². The lowest BCUT2D eigenvalue weighted by Gasteiger charge is -2.13. The number of isocyanates is 1. The van der Waals surface area contributed by atoms with Crippen LogP contribution in [0, 0.1) is 0 Å². The number of aliphatic imine (C=N–C) groups is 1. The largest absolute Gasteiger partial charge is 0.235 e. The third-order valence-electron chi connectivity index (χ3n) is 2.00. The van der Waals surface area contributed by atoms with Crippen molar-refractivity contribution in [3.8, 4) is 0 Å². The molecule has 1 aliphatic carbocycles. The van der Waals surface area contributed by atoms with Gasteiger partial charge in [-0.2, -0.15) is 4.99 Å². The quantitative estimate of drug-likeness (QED) is 0.387. The Morgan fingerprint density at radius 2 is 2.00 bits per heavy atom. The fourth-order valence-electron chi connectivity index (χ4n) is 1.36. The zero-order valence-corrected chi connectivity index (χ0v) is 5.68. The second-order valence-corrected chi connectivity index (χ2v) is 2.91. The van der Waals surface area contributed by atoms with Gasteiger partial charge in [0.25, 0.3) is 0 Å². The van der Waals surface area contributed by atoms with Crippen molar-refractivity contribution in [2.45, 2.75) is 38.1 Å². The molecule has 0 aliphatic heterocycles. The van der Waals surface area contributed by atoms with Gasteiger partial charge in [0, 0.05) is 0 Å². The molecule has 0 aromatic rings. The molecule has 0 unspecified atom stereocenters. The summed E-state index contributed by atoms with van der Waals surface area (Å²) in [5.74, 6) is 0. The topological polar surface area (TPSA) is 29.4 Å². The summed E-state index contributed by atoms with van der Waals surface area (Å²) in [6.07, 6.45) is 6.16. The molecule has 0 heterocycles. The van der Waals surface area contributed by atoms with E-state index in [0.717, 1.165) is 12.8 Å². The molecular weight excluding hydrogens is 114 g/mol. The molecule has 1 aliphatic rings. The highest BCUT2D eigenvalue weighted by Gasteiger charge is 2.27. The molecule has 0 aromatic carbocycles. The Balaban J connectivity index is 2.61. The van der Waals surface area contributed by atoms with Gasteiger partial charge in [-0.05, 0) is 19.8 Å². The molecule has 1 rings (SSSR count). The lowest BCUT2D eigenvalue weighted by molar-refractivity contribution is 0.478. The van der Waals surface area contributed by atoms with Crippen molar-refractivity contribution >= 4 is 6.08 Å². The third-order valence-corrected chi connectivity index (χ3v) is 2.00. The van der Waals surface area contributed by atoms with Crippen LogP contribution in [0.2, 0.25) is 0 Å². The van der Waals surface area contributed by atoms with E-state index >= 15 is 0 Å². The zero-order chi connectivity index (χ0) is 6.74. The molecule has 1 fully saturated rings. The lowest BCUT2D eigenvalue weighted by atomic mass is 10.0. The standard InChI is InChI=1S/C7H11NO/c1-7(8-6-9)4-2-3-5-7/h2-5H2,1H3. The van der Waals surface area contributed by atoms with E-state index in [1.807, 2.05) is 6.92 Å². The molecule has 1 saturated carbocycles. The molecule has 0 N–H and O–H groups in total. The van der Waals surface area contributed by atoms with Crippen LogP contribution < -0.4 is 0 Å². The summed E-state index contributed by atoms with van der Waals surface area (Å²) in [7, 11) is 0. The van der Waals surface area contributed by atoms with Gasteiger partial charge in [-0.25, -0.2) is 4.79 Å². The average Bonchev–Trinajstić information content (AvgIpc) is 2.16. The Bertz CT molecular complexity index is 141. The minimum atomic E-state index is -0.0538. The Morgan fingerprint density at radius 3 is 2.44 bits per heavy atom. The number of rotatable bonds is 1. The molecule has 0 saturated heterocycles. The van der Waals surface area contributed by atoms with Gasteiger partial charge in [0.15, 0.2) is 0 Å². The maximum absolute atomic E-state index is 9.87. The highest BCUT2D eigenvalue weighted by atomic mass is 16.1. The van der Waals surface area contributed by atoms with Crippen LogP contribution in [0.25, 0.3) is 0 Å². The predicted octanol–water partition coefficient (Wildman–Crippen LogP) is 1.65. The van der Waals surface area contributed by atoms with Gasteiger partial charge < -0.3 is 0 Å². The molecule has 0 spiro atoms. The van der Waals surface area contributed by atoms with Crippen LogP contribution >= 0.6 is 0 Å². The van der Waals surface area contributed by atoms with E-state index in [-0.39, 0.29) is 5.54 Å². The molecule has 0 amide bonds. The van der Waals surface area contributed by atoms with Crippen molar-refractivity contribution < 1.29 is 4.79 Å². The Morgan fingerprint density at radius 1 is 1.44 bits per heavy atom. The maximum atomic E-state index is 9.87. The van der Waals surface area contributed by atoms with Crippen LogP contribution in [0.1, 0.15) is 32.6 Å². The van der Waals surface area contributed by atoms with E-state index in [1.165, 1.54) is 12.8 Å². The first-order chi connectivity index (χ1) is 4.27. The average molecular weight is 125 g/mol. The Hall–Kier alpha value is -0.620. The van der Waals surface area contributed by atoms with E-state index < -0.39 is 0 Å². The number of carbonyl (C=O) groups excluding carboxylic acids is 1. The highest BCUT2D eigenvalue weighted by Crippen LogP contribution is 2.31. The lowest BCUT2D eigenvalue weighted by Crippen LogP contribution is -2.14. The van der Waals surface area contributed by atoms with Gasteiger partial charge in [0.2, 0.25) is 6.08 Å². The van der Waals surface area contributed by atoms with Gasteiger partial charge in [-0.15, -0.1) is 0 Å². The van der Waals surface area contributed by atoms with E-state index in [4.69, 9.17) is 0 Å². The fraction of sp³-hybridized carbons (Fsp3) is 0.857. The van der Waals surface area contributed by atoms with Crippen LogP contribution in [0.5, 0.6) is 0 Å². The molecule has 50 valence electrons. The summed E-state index contributed by atoms with van der Waals surface area (Å²) in [5.41, 5.74) is -0.0538. The number of hydrogen-bond donors (Lipinski definition) is 0. The van der Waals surface area contributed by atoms with Gasteiger partial charge >= 0.3 is 0 Å². The summed E-state index contributed by atoms with van der Waals surface area (Å²) in [4.78, 5) is 13.6. The van der Waals surface area contributed by atoms with Crippen molar-refractivity contribution in [1.82, 2.24) is 0 Å². The third kappa shape index (κ3) is 1.39. The van der Waals surface area contributed by atoms with Gasteiger partial charge in [0.05, 0.1) is 5.54 Å². The fourth-order valence-corrected chi connectivity index (χ4v) is 1.36. The van der Waals surface area contributed by atoms with E-state index in [0.29, 0.717) is 0 Å². The van der Waals surface area contributed by atoms with Crippen molar-refractivity contribution in [2.24, 2.45) is 4.99 Å². The molecule has 2 heteroatoms. The van der Waals surface area contributed by atoms with Crippen LogP contribution in [-0.4, -0.2) is 11.6 Å². The van der Waals surface area contributed by atoms with Gasteiger partial charge in [-0.1, -0.05) is 12.8 Å². The van der Waals surface area contributed by atoms with Crippen molar-refractivity contribution in [2.75, 3.05) is 0 Å². The normalized spacial score (nSPS) is 23.2. The highest BCUT2D eigenvalue weighted by molar-refractivity contribution is 5.34. The summed E-state index contributed by atoms with van der Waals surface area (Å²) >= 11 is 0. The predicted molar refractivity (Wildman–Crippen MR) is 35.0 cm³/mol. The van der Waals surface area contributed by atoms with Crippen molar-refractivity contribution in [1.29, 1.82) is 0 Å².